The van der Waals surface area contributed by atoms with Crippen molar-refractivity contribution < 1.29 is 18.9 Å². The molecule has 44 heavy (non-hydrogen) atoms. The summed E-state index contributed by atoms with van der Waals surface area (Å²) in [4.78, 5) is 0. The third-order valence-electron chi connectivity index (χ3n) is 7.20. The topological polar surface area (TPSA) is 85.0 Å². The minimum atomic E-state index is 0.837. The molecular weight excluding hydrogens is 593 g/mol. The fourth-order valence-electron chi connectivity index (χ4n) is 4.70. The quantitative estimate of drug-likeness (QED) is 0.0596. The Morgan fingerprint density at radius 1 is 0.409 bits per heavy atom. The fraction of sp³-hybridized carbons (Fsp3) is 0.647. The van der Waals surface area contributed by atoms with Crippen molar-refractivity contribution in [3.8, 4) is 23.0 Å². The normalized spacial score (nSPS) is 11.1. The van der Waals surface area contributed by atoms with Crippen LogP contribution in [-0.2, 0) is 13.1 Å². The maximum absolute atomic E-state index is 5.34. The van der Waals surface area contributed by atoms with Crippen LogP contribution in [0, 0.1) is 0 Å². The Bertz CT molecular complexity index is 864. The van der Waals surface area contributed by atoms with Gasteiger partial charge >= 0.3 is 0 Å². The van der Waals surface area contributed by atoms with E-state index < -0.39 is 0 Å². The molecule has 0 aliphatic rings. The lowest BCUT2D eigenvalue weighted by molar-refractivity contribution is 0.393. The lowest BCUT2D eigenvalue weighted by Gasteiger charge is -2.10. The summed E-state index contributed by atoms with van der Waals surface area (Å²) in [5.74, 6) is 5.69. The van der Waals surface area contributed by atoms with Crippen molar-refractivity contribution in [3.05, 3.63) is 47.5 Å². The van der Waals surface area contributed by atoms with Crippen molar-refractivity contribution in [1.29, 1.82) is 0 Å². The summed E-state index contributed by atoms with van der Waals surface area (Å²) in [5.41, 5.74) is 2.38. The number of hydrogen-bond donors (Lipinski definition) is 4. The highest BCUT2D eigenvalue weighted by molar-refractivity contribution is 8.76. The Morgan fingerprint density at radius 2 is 0.727 bits per heavy atom. The summed E-state index contributed by atoms with van der Waals surface area (Å²) in [6, 6.07) is 12.0. The molecular formula is C34H58N4O4S2. The van der Waals surface area contributed by atoms with E-state index in [-0.39, 0.29) is 0 Å². The van der Waals surface area contributed by atoms with E-state index in [1.165, 1.54) is 74.0 Å². The van der Waals surface area contributed by atoms with Crippen LogP contribution in [0.5, 0.6) is 23.0 Å². The third-order valence-corrected chi connectivity index (χ3v) is 9.61. The second-order valence-corrected chi connectivity index (χ2v) is 13.5. The highest BCUT2D eigenvalue weighted by atomic mass is 33.1. The van der Waals surface area contributed by atoms with Crippen LogP contribution in [-0.4, -0.2) is 79.2 Å². The molecule has 250 valence electrons. The van der Waals surface area contributed by atoms with Crippen LogP contribution >= 0.6 is 21.6 Å². The third kappa shape index (κ3) is 18.9. The van der Waals surface area contributed by atoms with Crippen molar-refractivity contribution in [2.45, 2.75) is 64.5 Å². The summed E-state index contributed by atoms with van der Waals surface area (Å²) >= 11 is 0. The molecule has 0 amide bonds. The summed E-state index contributed by atoms with van der Waals surface area (Å²) in [7, 11) is 10.7. The molecule has 0 unspecified atom stereocenters. The Hall–Kier alpha value is -1.82. The number of rotatable bonds is 29. The predicted octanol–water partition coefficient (Wildman–Crippen LogP) is 6.28. The molecule has 0 atom stereocenters. The Labute approximate surface area is 275 Å². The van der Waals surface area contributed by atoms with E-state index in [4.69, 9.17) is 18.9 Å². The van der Waals surface area contributed by atoms with E-state index in [2.05, 4.69) is 45.5 Å². The largest absolute Gasteiger partial charge is 0.497 e. The molecule has 0 bridgehead atoms. The molecule has 0 saturated heterocycles. The zero-order valence-corrected chi connectivity index (χ0v) is 29.3. The average molecular weight is 651 g/mol. The summed E-state index contributed by atoms with van der Waals surface area (Å²) in [6.45, 7) is 8.19. The van der Waals surface area contributed by atoms with Crippen LogP contribution < -0.4 is 40.2 Å². The maximum Gasteiger partial charge on any atom is 0.122 e. The highest BCUT2D eigenvalue weighted by Gasteiger charge is 2.03. The minimum Gasteiger partial charge on any atom is -0.497 e. The van der Waals surface area contributed by atoms with Gasteiger partial charge in [0.15, 0.2) is 0 Å². The van der Waals surface area contributed by atoms with Crippen LogP contribution in [0.15, 0.2) is 36.4 Å². The van der Waals surface area contributed by atoms with Crippen molar-refractivity contribution >= 4 is 21.6 Å². The summed E-state index contributed by atoms with van der Waals surface area (Å²) < 4.78 is 21.4. The SMILES string of the molecule is COc1cc(CNCCCCCCNCCSSCCNCCCCCCNCc2cc(OC)cc(OC)c2)cc(OC)c1. The smallest absolute Gasteiger partial charge is 0.122 e. The molecule has 0 radical (unpaired) electrons. The molecule has 0 spiro atoms. The first-order valence-electron chi connectivity index (χ1n) is 16.2. The van der Waals surface area contributed by atoms with Crippen LogP contribution in [0.4, 0.5) is 0 Å². The van der Waals surface area contributed by atoms with Gasteiger partial charge in [0.1, 0.15) is 23.0 Å². The van der Waals surface area contributed by atoms with E-state index in [1.54, 1.807) is 28.4 Å². The number of nitrogens with one attached hydrogen (secondary N) is 4. The second-order valence-electron chi connectivity index (χ2n) is 10.8. The molecule has 0 fully saturated rings. The Kier molecular flexibility index (Phi) is 23.0. The van der Waals surface area contributed by atoms with Gasteiger partial charge in [0.25, 0.3) is 0 Å². The lowest BCUT2D eigenvalue weighted by atomic mass is 10.1. The molecule has 2 aromatic carbocycles. The highest BCUT2D eigenvalue weighted by Crippen LogP contribution is 2.23. The average Bonchev–Trinajstić information content (AvgIpc) is 3.06. The van der Waals surface area contributed by atoms with Gasteiger partial charge in [-0.1, -0.05) is 47.3 Å². The fourth-order valence-corrected chi connectivity index (χ4v) is 6.60. The lowest BCUT2D eigenvalue weighted by Crippen LogP contribution is -2.19. The molecule has 2 rings (SSSR count). The number of ether oxygens (including phenoxy) is 4. The molecule has 0 aliphatic carbocycles. The van der Waals surface area contributed by atoms with Crippen LogP contribution in [0.1, 0.15) is 62.5 Å². The monoisotopic (exact) mass is 650 g/mol. The second kappa shape index (κ2) is 26.4. The van der Waals surface area contributed by atoms with Gasteiger partial charge in [-0.2, -0.15) is 0 Å². The van der Waals surface area contributed by atoms with Crippen molar-refractivity contribution in [2.24, 2.45) is 0 Å². The number of benzene rings is 2. The maximum atomic E-state index is 5.34. The first-order chi connectivity index (χ1) is 21.7. The zero-order valence-electron chi connectivity index (χ0n) is 27.6. The van der Waals surface area contributed by atoms with Crippen LogP contribution in [0.25, 0.3) is 0 Å². The Balaban J connectivity index is 1.26. The van der Waals surface area contributed by atoms with Gasteiger partial charge in [-0.25, -0.2) is 0 Å². The van der Waals surface area contributed by atoms with Crippen molar-refractivity contribution in [1.82, 2.24) is 21.3 Å². The van der Waals surface area contributed by atoms with E-state index in [9.17, 15) is 0 Å². The number of hydrogen-bond acceptors (Lipinski definition) is 10. The van der Waals surface area contributed by atoms with E-state index >= 15 is 0 Å². The molecule has 2 aromatic rings. The standard InChI is InChI=1S/C34H58N4O4S2/c1-39-31-21-29(22-32(25-31)40-2)27-37-15-11-7-5-9-13-35-17-19-43-44-20-18-36-14-10-6-8-12-16-38-28-30-23-33(41-3)26-34(24-30)42-4/h21-26,35-38H,5-20,27-28H2,1-4H3. The molecule has 4 N–H and O–H groups in total. The van der Waals surface area contributed by atoms with Gasteiger partial charge in [0.05, 0.1) is 28.4 Å². The Morgan fingerprint density at radius 3 is 1.05 bits per heavy atom. The van der Waals surface area contributed by atoms with Crippen molar-refractivity contribution in [2.75, 3.05) is 79.2 Å². The zero-order chi connectivity index (χ0) is 31.5. The molecule has 0 aliphatic heterocycles. The van der Waals surface area contributed by atoms with E-state index in [0.29, 0.717) is 0 Å². The minimum absolute atomic E-state index is 0.837. The van der Waals surface area contributed by atoms with E-state index in [1.807, 2.05) is 33.7 Å². The van der Waals surface area contributed by atoms with Crippen LogP contribution in [0.3, 0.4) is 0 Å². The van der Waals surface area contributed by atoms with Gasteiger partial charge in [-0.15, -0.1) is 0 Å². The van der Waals surface area contributed by atoms with Gasteiger partial charge in [-0.3, -0.25) is 0 Å². The van der Waals surface area contributed by atoms with Gasteiger partial charge in [0.2, 0.25) is 0 Å². The van der Waals surface area contributed by atoms with Gasteiger partial charge < -0.3 is 40.2 Å². The molecule has 0 saturated carbocycles. The molecule has 10 heteroatoms. The summed E-state index contributed by atoms with van der Waals surface area (Å²) in [6.07, 6.45) is 10.0. The van der Waals surface area contributed by atoms with Gasteiger partial charge in [0, 0.05) is 49.8 Å². The molecule has 0 heterocycles. The number of unbranched alkanes of at least 4 members (excludes halogenated alkanes) is 6. The first kappa shape index (κ1) is 38.4. The summed E-state index contributed by atoms with van der Waals surface area (Å²) in [5, 5.41) is 14.2. The van der Waals surface area contributed by atoms with Crippen LogP contribution in [0.2, 0.25) is 0 Å². The van der Waals surface area contributed by atoms with E-state index in [0.717, 1.165) is 75.4 Å². The molecule has 0 aromatic heterocycles. The van der Waals surface area contributed by atoms with Crippen molar-refractivity contribution in [3.63, 3.8) is 0 Å². The predicted molar refractivity (Wildman–Crippen MR) is 190 cm³/mol. The van der Waals surface area contributed by atoms with Gasteiger partial charge in [-0.05, 0) is 87.3 Å². The first-order valence-corrected chi connectivity index (χ1v) is 18.7. The number of methoxy groups -OCH3 is 4. The molecule has 8 nitrogen and oxygen atoms in total.